The molecule has 160 valence electrons. The van der Waals surface area contributed by atoms with Crippen LogP contribution in [0.25, 0.3) is 0 Å². The number of hydrogen-bond acceptors (Lipinski definition) is 4. The molecule has 2 atom stereocenters. The fourth-order valence-corrected chi connectivity index (χ4v) is 2.76. The first kappa shape index (κ1) is 22.9. The first-order valence-electron chi connectivity index (χ1n) is 10.1. The average Bonchev–Trinajstić information content (AvgIpc) is 2.79. The maximum atomic E-state index is 12.6. The molecule has 7 heteroatoms. The molecule has 0 bridgehead atoms. The highest BCUT2D eigenvalue weighted by atomic mass is 16.5. The highest BCUT2D eigenvalue weighted by Crippen LogP contribution is 2.09. The number of amides is 3. The zero-order chi connectivity index (χ0) is 21.8. The van der Waals surface area contributed by atoms with Crippen molar-refractivity contribution in [1.82, 2.24) is 16.0 Å². The molecule has 3 amide bonds. The summed E-state index contributed by atoms with van der Waals surface area (Å²) in [6.07, 6.45) is 0.0682. The number of hydrogen-bond donors (Lipinski definition) is 3. The molecule has 0 aliphatic heterocycles. The second-order valence-electron chi connectivity index (χ2n) is 6.98. The van der Waals surface area contributed by atoms with Crippen LogP contribution in [0, 0.1) is 5.92 Å². The van der Waals surface area contributed by atoms with Crippen LogP contribution in [0.15, 0.2) is 60.7 Å². The zero-order valence-electron chi connectivity index (χ0n) is 17.4. The molecule has 0 fully saturated rings. The highest BCUT2D eigenvalue weighted by Gasteiger charge is 2.26. The lowest BCUT2D eigenvalue weighted by Gasteiger charge is -2.23. The lowest BCUT2D eigenvalue weighted by molar-refractivity contribution is -0.124. The molecular formula is C23H29N3O4. The number of carbonyl (C=O) groups is 3. The third-order valence-electron chi connectivity index (χ3n) is 4.73. The zero-order valence-corrected chi connectivity index (χ0v) is 17.4. The van der Waals surface area contributed by atoms with Crippen molar-refractivity contribution in [2.24, 2.45) is 5.92 Å². The van der Waals surface area contributed by atoms with Gasteiger partial charge in [0.15, 0.2) is 0 Å². The molecule has 0 saturated heterocycles. The van der Waals surface area contributed by atoms with E-state index in [0.717, 1.165) is 5.56 Å². The molecule has 0 spiro atoms. The van der Waals surface area contributed by atoms with Crippen molar-refractivity contribution in [2.75, 3.05) is 13.1 Å². The van der Waals surface area contributed by atoms with Gasteiger partial charge in [-0.15, -0.1) is 0 Å². The van der Waals surface area contributed by atoms with E-state index in [2.05, 4.69) is 16.0 Å². The van der Waals surface area contributed by atoms with Gasteiger partial charge in [-0.3, -0.25) is 9.59 Å². The summed E-state index contributed by atoms with van der Waals surface area (Å²) in [5.41, 5.74) is 1.43. The summed E-state index contributed by atoms with van der Waals surface area (Å²) < 4.78 is 5.22. The molecule has 0 aliphatic rings. The summed E-state index contributed by atoms with van der Waals surface area (Å²) in [6, 6.07) is 17.5. The molecule has 0 unspecified atom stereocenters. The lowest BCUT2D eigenvalue weighted by Crippen LogP contribution is -2.51. The Kier molecular flexibility index (Phi) is 9.37. The van der Waals surface area contributed by atoms with Gasteiger partial charge in [0.1, 0.15) is 12.6 Å². The molecule has 7 nitrogen and oxygen atoms in total. The van der Waals surface area contributed by atoms with Crippen LogP contribution in [0.2, 0.25) is 0 Å². The van der Waals surface area contributed by atoms with Crippen LogP contribution in [0.3, 0.4) is 0 Å². The summed E-state index contributed by atoms with van der Waals surface area (Å²) in [4.78, 5) is 36.7. The van der Waals surface area contributed by atoms with E-state index >= 15 is 0 Å². The third kappa shape index (κ3) is 7.58. The highest BCUT2D eigenvalue weighted by molar-refractivity contribution is 5.94. The minimum Gasteiger partial charge on any atom is -0.445 e. The molecule has 0 heterocycles. The Bertz CT molecular complexity index is 812. The van der Waals surface area contributed by atoms with Crippen molar-refractivity contribution in [3.05, 3.63) is 71.8 Å². The summed E-state index contributed by atoms with van der Waals surface area (Å²) in [6.45, 7) is 4.50. The van der Waals surface area contributed by atoms with Gasteiger partial charge in [0.05, 0.1) is 0 Å². The van der Waals surface area contributed by atoms with Crippen LogP contribution < -0.4 is 16.0 Å². The molecule has 30 heavy (non-hydrogen) atoms. The van der Waals surface area contributed by atoms with E-state index in [9.17, 15) is 14.4 Å². The molecule has 0 aromatic heterocycles. The maximum Gasteiger partial charge on any atom is 0.408 e. The summed E-state index contributed by atoms with van der Waals surface area (Å²) in [5, 5.41) is 8.16. The van der Waals surface area contributed by atoms with Crippen molar-refractivity contribution in [3.8, 4) is 0 Å². The molecular weight excluding hydrogens is 382 g/mol. The lowest BCUT2D eigenvalue weighted by atomic mass is 9.98. The molecule has 3 N–H and O–H groups in total. The number of benzene rings is 2. The molecule has 0 saturated carbocycles. The quantitative estimate of drug-likeness (QED) is 0.524. The average molecular weight is 412 g/mol. The van der Waals surface area contributed by atoms with Crippen LogP contribution in [0.5, 0.6) is 0 Å². The van der Waals surface area contributed by atoms with Gasteiger partial charge in [-0.25, -0.2) is 4.79 Å². The van der Waals surface area contributed by atoms with Crippen LogP contribution >= 0.6 is 0 Å². The fourth-order valence-electron chi connectivity index (χ4n) is 2.76. The first-order chi connectivity index (χ1) is 14.5. The number of alkyl carbamates (subject to hydrolysis) is 1. The van der Waals surface area contributed by atoms with Gasteiger partial charge in [0, 0.05) is 18.7 Å². The van der Waals surface area contributed by atoms with E-state index in [-0.39, 0.29) is 37.4 Å². The molecule has 2 aromatic carbocycles. The predicted molar refractivity (Wildman–Crippen MR) is 115 cm³/mol. The molecule has 2 rings (SSSR count). The van der Waals surface area contributed by atoms with Crippen molar-refractivity contribution in [1.29, 1.82) is 0 Å². The largest absolute Gasteiger partial charge is 0.445 e. The van der Waals surface area contributed by atoms with Gasteiger partial charge in [-0.1, -0.05) is 68.8 Å². The Morgan fingerprint density at radius 1 is 0.900 bits per heavy atom. The van der Waals surface area contributed by atoms with E-state index < -0.39 is 12.1 Å². The Balaban J connectivity index is 1.78. The Hall–Kier alpha value is -3.35. The van der Waals surface area contributed by atoms with Crippen LogP contribution in [-0.2, 0) is 16.1 Å². The number of nitrogens with one attached hydrogen (secondary N) is 3. The van der Waals surface area contributed by atoms with Gasteiger partial charge in [0.2, 0.25) is 5.91 Å². The van der Waals surface area contributed by atoms with E-state index in [0.29, 0.717) is 12.0 Å². The van der Waals surface area contributed by atoms with E-state index in [1.54, 1.807) is 24.3 Å². The second-order valence-corrected chi connectivity index (χ2v) is 6.98. The number of rotatable bonds is 10. The fraction of sp³-hybridized carbons (Fsp3) is 0.348. The van der Waals surface area contributed by atoms with Crippen LogP contribution in [0.1, 0.15) is 36.2 Å². The van der Waals surface area contributed by atoms with Crippen molar-refractivity contribution in [2.45, 2.75) is 32.9 Å². The van der Waals surface area contributed by atoms with Gasteiger partial charge in [0.25, 0.3) is 5.91 Å². The summed E-state index contributed by atoms with van der Waals surface area (Å²) in [7, 11) is 0. The monoisotopic (exact) mass is 411 g/mol. The smallest absolute Gasteiger partial charge is 0.408 e. The van der Waals surface area contributed by atoms with Gasteiger partial charge < -0.3 is 20.7 Å². The molecule has 0 radical (unpaired) electrons. The Labute approximate surface area is 177 Å². The van der Waals surface area contributed by atoms with Gasteiger partial charge >= 0.3 is 6.09 Å². The van der Waals surface area contributed by atoms with Crippen LogP contribution in [0.4, 0.5) is 4.79 Å². The minimum atomic E-state index is -0.719. The van der Waals surface area contributed by atoms with Crippen molar-refractivity contribution in [3.63, 3.8) is 0 Å². The standard InChI is InChI=1S/C23H29N3O4/c1-3-17(2)20(26-23(29)30-16-18-10-6-4-7-11-18)22(28)25-15-14-24-21(27)19-12-8-5-9-13-19/h4-13,17,20H,3,14-16H2,1-2H3,(H,24,27)(H,25,28)(H,26,29)/t17-,20-/m0/s1. The Morgan fingerprint density at radius 3 is 2.13 bits per heavy atom. The van der Waals surface area contributed by atoms with E-state index in [1.807, 2.05) is 50.2 Å². The van der Waals surface area contributed by atoms with Crippen LogP contribution in [-0.4, -0.2) is 37.0 Å². The molecule has 2 aromatic rings. The number of carbonyl (C=O) groups excluding carboxylic acids is 3. The molecule has 0 aliphatic carbocycles. The van der Waals surface area contributed by atoms with Gasteiger partial charge in [-0.2, -0.15) is 0 Å². The van der Waals surface area contributed by atoms with Gasteiger partial charge in [-0.05, 0) is 23.6 Å². The van der Waals surface area contributed by atoms with E-state index in [4.69, 9.17) is 4.74 Å². The maximum absolute atomic E-state index is 12.6. The summed E-state index contributed by atoms with van der Waals surface area (Å²) in [5.74, 6) is -0.589. The first-order valence-corrected chi connectivity index (χ1v) is 10.1. The minimum absolute atomic E-state index is 0.0758. The van der Waals surface area contributed by atoms with Crippen molar-refractivity contribution >= 4 is 17.9 Å². The third-order valence-corrected chi connectivity index (χ3v) is 4.73. The van der Waals surface area contributed by atoms with Crippen molar-refractivity contribution < 1.29 is 19.1 Å². The Morgan fingerprint density at radius 2 is 1.50 bits per heavy atom. The topological polar surface area (TPSA) is 96.5 Å². The summed E-state index contributed by atoms with van der Waals surface area (Å²) >= 11 is 0. The predicted octanol–water partition coefficient (Wildman–Crippen LogP) is 2.87. The SMILES string of the molecule is CC[C@H](C)[C@H](NC(=O)OCc1ccccc1)C(=O)NCCNC(=O)c1ccccc1. The normalized spacial score (nSPS) is 12.3. The second kappa shape index (κ2) is 12.3. The number of ether oxygens (including phenoxy) is 1. The van der Waals surface area contributed by atoms with E-state index in [1.165, 1.54) is 0 Å².